The first-order valence-corrected chi connectivity index (χ1v) is 27.9. The Labute approximate surface area is 419 Å². The summed E-state index contributed by atoms with van der Waals surface area (Å²) in [6.45, 7) is 6.42. The van der Waals surface area contributed by atoms with Crippen LogP contribution in [0.2, 0.25) is 0 Å². The lowest BCUT2D eigenvalue weighted by Crippen LogP contribution is -2.30. The van der Waals surface area contributed by atoms with Gasteiger partial charge in [0, 0.05) is 19.3 Å². The predicted octanol–water partition coefficient (Wildman–Crippen LogP) is 18.7. The summed E-state index contributed by atoms with van der Waals surface area (Å²) in [4.78, 5) is 38.0. The van der Waals surface area contributed by atoms with Crippen LogP contribution in [0.4, 0.5) is 0 Å². The summed E-state index contributed by atoms with van der Waals surface area (Å²) < 4.78 is 16.8. The van der Waals surface area contributed by atoms with Crippen molar-refractivity contribution in [1.29, 1.82) is 0 Å². The van der Waals surface area contributed by atoms with Crippen molar-refractivity contribution in [2.75, 3.05) is 13.2 Å². The van der Waals surface area contributed by atoms with Gasteiger partial charge < -0.3 is 14.2 Å². The van der Waals surface area contributed by atoms with Gasteiger partial charge in [0.1, 0.15) is 13.2 Å². The van der Waals surface area contributed by atoms with Crippen LogP contribution in [-0.2, 0) is 28.6 Å². The van der Waals surface area contributed by atoms with Crippen LogP contribution in [-0.4, -0.2) is 37.2 Å². The molecule has 0 aromatic rings. The third-order valence-corrected chi connectivity index (χ3v) is 11.5. The Hall–Kier alpha value is -3.93. The molecule has 0 fully saturated rings. The number of unbranched alkanes of at least 4 members (excludes halogenated alkanes) is 20. The number of hydrogen-bond donors (Lipinski definition) is 0. The van der Waals surface area contributed by atoms with Crippen LogP contribution in [0.1, 0.15) is 245 Å². The summed E-state index contributed by atoms with van der Waals surface area (Å²) >= 11 is 0. The summed E-state index contributed by atoms with van der Waals surface area (Å²) in [6.07, 6.45) is 75.1. The van der Waals surface area contributed by atoms with E-state index in [1.54, 1.807) is 0 Å². The van der Waals surface area contributed by atoms with Gasteiger partial charge in [-0.2, -0.15) is 0 Å². The van der Waals surface area contributed by atoms with Crippen molar-refractivity contribution >= 4 is 17.9 Å². The van der Waals surface area contributed by atoms with Gasteiger partial charge in [0.2, 0.25) is 0 Å². The molecular formula is C62H102O6. The van der Waals surface area contributed by atoms with E-state index in [1.165, 1.54) is 83.5 Å². The van der Waals surface area contributed by atoms with Gasteiger partial charge in [-0.25, -0.2) is 0 Å². The molecule has 0 aromatic carbocycles. The van der Waals surface area contributed by atoms with Crippen molar-refractivity contribution in [1.82, 2.24) is 0 Å². The maximum Gasteiger partial charge on any atom is 0.306 e. The van der Waals surface area contributed by atoms with Crippen LogP contribution in [0.25, 0.3) is 0 Å². The number of allylic oxidation sites excluding steroid dienone is 18. The second-order valence-corrected chi connectivity index (χ2v) is 18.1. The Morgan fingerprint density at radius 1 is 0.309 bits per heavy atom. The molecule has 0 aliphatic carbocycles. The first-order valence-electron chi connectivity index (χ1n) is 27.9. The number of rotatable bonds is 49. The molecule has 0 amide bonds. The van der Waals surface area contributed by atoms with Crippen molar-refractivity contribution in [2.24, 2.45) is 0 Å². The lowest BCUT2D eigenvalue weighted by molar-refractivity contribution is -0.167. The van der Waals surface area contributed by atoms with Crippen molar-refractivity contribution in [3.8, 4) is 0 Å². The maximum absolute atomic E-state index is 12.8. The van der Waals surface area contributed by atoms with E-state index in [-0.39, 0.29) is 37.5 Å². The summed E-state index contributed by atoms with van der Waals surface area (Å²) in [5.74, 6) is -0.987. The average Bonchev–Trinajstić information content (AvgIpc) is 3.34. The van der Waals surface area contributed by atoms with Crippen LogP contribution in [0, 0.1) is 0 Å². The van der Waals surface area contributed by atoms with Crippen LogP contribution >= 0.6 is 0 Å². The lowest BCUT2D eigenvalue weighted by Gasteiger charge is -2.18. The number of hydrogen-bond acceptors (Lipinski definition) is 6. The van der Waals surface area contributed by atoms with Gasteiger partial charge >= 0.3 is 17.9 Å². The van der Waals surface area contributed by atoms with E-state index >= 15 is 0 Å². The van der Waals surface area contributed by atoms with Crippen molar-refractivity contribution in [3.63, 3.8) is 0 Å². The number of ether oxygens (including phenoxy) is 3. The molecule has 0 saturated carbocycles. The lowest BCUT2D eigenvalue weighted by atomic mass is 10.1. The third kappa shape index (κ3) is 53.0. The summed E-state index contributed by atoms with van der Waals surface area (Å²) in [6, 6.07) is 0. The van der Waals surface area contributed by atoms with Crippen molar-refractivity contribution in [3.05, 3.63) is 109 Å². The fourth-order valence-corrected chi connectivity index (χ4v) is 7.29. The molecule has 1 unspecified atom stereocenters. The molecule has 0 aliphatic rings. The van der Waals surface area contributed by atoms with E-state index in [0.717, 1.165) is 116 Å². The van der Waals surface area contributed by atoms with Crippen molar-refractivity contribution < 1.29 is 28.6 Å². The molecule has 68 heavy (non-hydrogen) atoms. The first kappa shape index (κ1) is 64.1. The van der Waals surface area contributed by atoms with Gasteiger partial charge in [0.25, 0.3) is 0 Å². The second kappa shape index (κ2) is 55.7. The Kier molecular flexibility index (Phi) is 52.4. The molecule has 0 bridgehead atoms. The quantitative estimate of drug-likeness (QED) is 0.0262. The molecule has 0 spiro atoms. The highest BCUT2D eigenvalue weighted by atomic mass is 16.6. The largest absolute Gasteiger partial charge is 0.462 e. The second-order valence-electron chi connectivity index (χ2n) is 18.1. The van der Waals surface area contributed by atoms with E-state index in [4.69, 9.17) is 14.2 Å². The Balaban J connectivity index is 4.47. The number of carbonyl (C=O) groups is 3. The zero-order valence-electron chi connectivity index (χ0n) is 44.1. The van der Waals surface area contributed by atoms with Gasteiger partial charge in [0.05, 0.1) is 0 Å². The van der Waals surface area contributed by atoms with Crippen LogP contribution < -0.4 is 0 Å². The minimum atomic E-state index is -0.810. The molecule has 386 valence electrons. The van der Waals surface area contributed by atoms with E-state index in [9.17, 15) is 14.4 Å². The van der Waals surface area contributed by atoms with Crippen LogP contribution in [0.3, 0.4) is 0 Å². The summed E-state index contributed by atoms with van der Waals surface area (Å²) in [5.41, 5.74) is 0. The van der Waals surface area contributed by atoms with E-state index in [2.05, 4.69) is 130 Å². The highest BCUT2D eigenvalue weighted by molar-refractivity contribution is 5.71. The Bertz CT molecular complexity index is 1410. The average molecular weight is 943 g/mol. The third-order valence-electron chi connectivity index (χ3n) is 11.5. The number of esters is 3. The molecule has 0 saturated heterocycles. The minimum absolute atomic E-state index is 0.105. The molecule has 6 heteroatoms. The molecule has 0 heterocycles. The molecule has 6 nitrogen and oxygen atoms in total. The number of carbonyl (C=O) groups excluding carboxylic acids is 3. The van der Waals surface area contributed by atoms with Gasteiger partial charge in [-0.3, -0.25) is 14.4 Å². The SMILES string of the molecule is CC/C=C\C/C=C\C/C=C\C/C=C\C/C=C\C/C=C\C/C=C\CCCC(=O)OCC(COC(=O)CCCCCCC/C=C\CCCC)OC(=O)CCCCCCC/C=C\CCCCCCCCC. The molecule has 0 N–H and O–H groups in total. The molecule has 1 atom stereocenters. The summed E-state index contributed by atoms with van der Waals surface area (Å²) in [7, 11) is 0. The van der Waals surface area contributed by atoms with Gasteiger partial charge in [-0.1, -0.05) is 220 Å². The van der Waals surface area contributed by atoms with Gasteiger partial charge in [-0.05, 0) is 116 Å². The maximum atomic E-state index is 12.8. The zero-order chi connectivity index (χ0) is 49.3. The van der Waals surface area contributed by atoms with Crippen molar-refractivity contribution in [2.45, 2.75) is 252 Å². The van der Waals surface area contributed by atoms with Crippen LogP contribution in [0.15, 0.2) is 109 Å². The molecule has 0 aromatic heterocycles. The zero-order valence-corrected chi connectivity index (χ0v) is 44.1. The van der Waals surface area contributed by atoms with E-state index in [1.807, 2.05) is 0 Å². The molecule has 0 radical (unpaired) electrons. The van der Waals surface area contributed by atoms with Crippen LogP contribution in [0.5, 0.6) is 0 Å². The fourth-order valence-electron chi connectivity index (χ4n) is 7.29. The standard InChI is InChI=1S/C62H102O6/c1-4-7-10-13-16-19-22-24-26-28-29-30-31-32-33-34-36-37-40-43-46-49-52-55-61(64)67-58-59(57-66-60(63)54-51-48-45-42-39-21-18-15-12-9-6-3)68-62(65)56-53-50-47-44-41-38-35-27-25-23-20-17-14-11-8-5-2/h7,10,15-16,18-19,24,26-27,29-30,32-33,35-37,43,46,59H,4-6,8-9,11-14,17,20-23,25,28,31,34,38-42,44-45,47-58H2,1-3H3/b10-7-,18-15-,19-16-,26-24-,30-29-,33-32-,35-27-,37-36-,46-43-. The van der Waals surface area contributed by atoms with Gasteiger partial charge in [0.15, 0.2) is 6.10 Å². The normalized spacial score (nSPS) is 12.9. The molecule has 0 aliphatic heterocycles. The topological polar surface area (TPSA) is 78.9 Å². The van der Waals surface area contributed by atoms with E-state index < -0.39 is 6.10 Å². The predicted molar refractivity (Wildman–Crippen MR) is 293 cm³/mol. The Morgan fingerprint density at radius 3 is 1.01 bits per heavy atom. The van der Waals surface area contributed by atoms with E-state index in [0.29, 0.717) is 19.3 Å². The minimum Gasteiger partial charge on any atom is -0.462 e. The smallest absolute Gasteiger partial charge is 0.306 e. The molecular weight excluding hydrogens is 841 g/mol. The van der Waals surface area contributed by atoms with Gasteiger partial charge in [-0.15, -0.1) is 0 Å². The highest BCUT2D eigenvalue weighted by Gasteiger charge is 2.19. The monoisotopic (exact) mass is 943 g/mol. The molecule has 0 rings (SSSR count). The fraction of sp³-hybridized carbons (Fsp3) is 0.661. The highest BCUT2D eigenvalue weighted by Crippen LogP contribution is 2.13. The Morgan fingerprint density at radius 2 is 0.603 bits per heavy atom. The summed E-state index contributed by atoms with van der Waals surface area (Å²) in [5, 5.41) is 0. The first-order chi connectivity index (χ1) is 33.5.